The molecule has 14 rings (SSSR count). The molecule has 0 bridgehead atoms. The van der Waals surface area contributed by atoms with Crippen LogP contribution in [0.5, 0.6) is 0 Å². The fourth-order valence-electron chi connectivity index (χ4n) is 10.9. The Morgan fingerprint density at radius 3 is 1.09 bits per heavy atom. The van der Waals surface area contributed by atoms with Gasteiger partial charge in [-0.05, 0) is 167 Å². The minimum atomic E-state index is 0.909. The van der Waals surface area contributed by atoms with Crippen molar-refractivity contribution in [1.29, 1.82) is 0 Å². The van der Waals surface area contributed by atoms with Crippen molar-refractivity contribution < 1.29 is 4.42 Å². The minimum Gasteiger partial charge on any atom is -0.455 e. The quantitative estimate of drug-likeness (QED) is 0.141. The topological polar surface area (TPSA) is 13.1 Å². The summed E-state index contributed by atoms with van der Waals surface area (Å²) >= 11 is 1.87. The molecule has 12 aromatic carbocycles. The average molecular weight is 959 g/mol. The van der Waals surface area contributed by atoms with Crippen LogP contribution < -0.4 is 0 Å². The molecule has 346 valence electrons. The van der Waals surface area contributed by atoms with Crippen molar-refractivity contribution in [3.05, 3.63) is 279 Å². The van der Waals surface area contributed by atoms with Crippen LogP contribution in [0.2, 0.25) is 0 Å². The third-order valence-corrected chi connectivity index (χ3v) is 15.8. The van der Waals surface area contributed by atoms with Gasteiger partial charge in [0, 0.05) is 36.5 Å². The van der Waals surface area contributed by atoms with Crippen molar-refractivity contribution in [3.8, 4) is 100 Å². The molecule has 0 radical (unpaired) electrons. The molecule has 14 aromatic rings. The zero-order chi connectivity index (χ0) is 49.0. The summed E-state index contributed by atoms with van der Waals surface area (Å²) in [6, 6.07) is 102. The first-order valence-electron chi connectivity index (χ1n) is 25.3. The van der Waals surface area contributed by atoms with E-state index in [0.717, 1.165) is 38.6 Å². The van der Waals surface area contributed by atoms with Gasteiger partial charge in [0.25, 0.3) is 0 Å². The van der Waals surface area contributed by atoms with E-state index in [4.69, 9.17) is 4.42 Å². The lowest BCUT2D eigenvalue weighted by Crippen LogP contribution is -1.88. The third-order valence-electron chi connectivity index (χ3n) is 14.6. The number of thiophene rings is 1. The highest BCUT2D eigenvalue weighted by atomic mass is 32.1. The van der Waals surface area contributed by atoms with E-state index in [9.17, 15) is 0 Å². The second-order valence-corrected chi connectivity index (χ2v) is 20.3. The number of hydrogen-bond donors (Lipinski definition) is 0. The maximum absolute atomic E-state index is 6.44. The Labute approximate surface area is 434 Å². The van der Waals surface area contributed by atoms with Gasteiger partial charge in [-0.1, -0.05) is 206 Å². The van der Waals surface area contributed by atoms with E-state index < -0.39 is 0 Å². The van der Waals surface area contributed by atoms with Crippen molar-refractivity contribution in [2.45, 2.75) is 0 Å². The molecule has 0 saturated carbocycles. The van der Waals surface area contributed by atoms with Gasteiger partial charge in [-0.3, -0.25) is 0 Å². The van der Waals surface area contributed by atoms with Crippen LogP contribution >= 0.6 is 11.3 Å². The summed E-state index contributed by atoms with van der Waals surface area (Å²) in [4.78, 5) is 0. The average Bonchev–Trinajstić information content (AvgIpc) is 4.07. The van der Waals surface area contributed by atoms with E-state index in [0.29, 0.717) is 0 Å². The van der Waals surface area contributed by atoms with Gasteiger partial charge >= 0.3 is 0 Å². The molecule has 0 spiro atoms. The van der Waals surface area contributed by atoms with Crippen LogP contribution in [0.25, 0.3) is 142 Å². The summed E-state index contributed by atoms with van der Waals surface area (Å²) in [5, 5.41) is 4.93. The van der Waals surface area contributed by atoms with Crippen LogP contribution in [0, 0.1) is 0 Å². The van der Waals surface area contributed by atoms with E-state index in [1.54, 1.807) is 0 Å². The molecule has 0 atom stereocenters. The molecule has 74 heavy (non-hydrogen) atoms. The van der Waals surface area contributed by atoms with Crippen LogP contribution in [-0.4, -0.2) is 0 Å². The van der Waals surface area contributed by atoms with Crippen LogP contribution in [0.4, 0.5) is 0 Å². The summed E-state index contributed by atoms with van der Waals surface area (Å²) in [6.07, 6.45) is 0. The van der Waals surface area contributed by atoms with E-state index >= 15 is 0 Å². The second-order valence-electron chi connectivity index (χ2n) is 19.2. The highest BCUT2D eigenvalue weighted by molar-refractivity contribution is 7.25. The molecule has 0 amide bonds. The van der Waals surface area contributed by atoms with Gasteiger partial charge in [-0.2, -0.15) is 0 Å². The Morgan fingerprint density at radius 1 is 0.203 bits per heavy atom. The first-order valence-corrected chi connectivity index (χ1v) is 26.1. The Kier molecular flexibility index (Phi) is 10.8. The van der Waals surface area contributed by atoms with Gasteiger partial charge in [-0.25, -0.2) is 0 Å². The molecule has 0 N–H and O–H groups in total. The lowest BCUT2D eigenvalue weighted by atomic mass is 9.90. The van der Waals surface area contributed by atoms with Crippen molar-refractivity contribution in [3.63, 3.8) is 0 Å². The van der Waals surface area contributed by atoms with Crippen LogP contribution in [-0.2, 0) is 0 Å². The molecule has 2 heterocycles. The van der Waals surface area contributed by atoms with E-state index in [2.05, 4.69) is 267 Å². The van der Waals surface area contributed by atoms with E-state index in [-0.39, 0.29) is 0 Å². The highest BCUT2D eigenvalue weighted by Crippen LogP contribution is 2.41. The first kappa shape index (κ1) is 43.4. The van der Waals surface area contributed by atoms with Crippen LogP contribution in [0.3, 0.4) is 0 Å². The van der Waals surface area contributed by atoms with Gasteiger partial charge in [0.1, 0.15) is 11.2 Å². The molecule has 0 aliphatic heterocycles. The zero-order valence-electron chi connectivity index (χ0n) is 40.4. The maximum atomic E-state index is 6.44. The highest BCUT2D eigenvalue weighted by Gasteiger charge is 2.15. The fourth-order valence-corrected chi connectivity index (χ4v) is 12.0. The van der Waals surface area contributed by atoms with Gasteiger partial charge in [0.15, 0.2) is 0 Å². The molecule has 0 saturated heterocycles. The summed E-state index contributed by atoms with van der Waals surface area (Å²) in [5.74, 6) is 0. The van der Waals surface area contributed by atoms with E-state index in [1.165, 1.54) is 104 Å². The monoisotopic (exact) mass is 958 g/mol. The second kappa shape index (κ2) is 18.4. The fraction of sp³-hybridized carbons (Fsp3) is 0. The first-order chi connectivity index (χ1) is 36.6. The maximum Gasteiger partial charge on any atom is 0.143 e. The minimum absolute atomic E-state index is 0.909. The number of fused-ring (bicyclic) bond motifs is 6. The molecular formula is C72H46OS. The molecule has 0 aliphatic rings. The van der Waals surface area contributed by atoms with Gasteiger partial charge < -0.3 is 4.42 Å². The molecule has 2 aromatic heterocycles. The van der Waals surface area contributed by atoms with Gasteiger partial charge in [0.05, 0.1) is 0 Å². The molecule has 0 unspecified atom stereocenters. The normalized spacial score (nSPS) is 11.5. The number of hydrogen-bond acceptors (Lipinski definition) is 2. The molecule has 2 heteroatoms. The lowest BCUT2D eigenvalue weighted by Gasteiger charge is -2.14. The van der Waals surface area contributed by atoms with Crippen LogP contribution in [0.1, 0.15) is 0 Å². The molecule has 0 fully saturated rings. The molecule has 0 aliphatic carbocycles. The Balaban J connectivity index is 0.780. The summed E-state index contributed by atoms with van der Waals surface area (Å²) in [5.41, 5.74) is 23.0. The largest absolute Gasteiger partial charge is 0.455 e. The number of rotatable bonds is 9. The summed E-state index contributed by atoms with van der Waals surface area (Å²) in [7, 11) is 0. The van der Waals surface area contributed by atoms with Crippen molar-refractivity contribution in [2.24, 2.45) is 0 Å². The number of para-hydroxylation sites is 2. The number of furan rings is 1. The number of benzene rings is 12. The van der Waals surface area contributed by atoms with Gasteiger partial charge in [-0.15, -0.1) is 11.3 Å². The standard InChI is InChI=1S/C72H46OS/c1-2-15-47(16-3-1)61-43-62(57-26-11-22-53(40-57)49-18-8-17-48(37-49)51-20-10-24-55(39-51)59-35-36-67-66-30-5-7-34-70(66)74-71(67)46-59)45-63(44-61)58-27-12-23-54(41-58)50-19-9-21-52(38-50)56-25-13-28-60(42-56)64-31-14-32-68-65-29-4-6-33-69(65)73-72(64)68/h1-46H. The predicted molar refractivity (Wildman–Crippen MR) is 316 cm³/mol. The van der Waals surface area contributed by atoms with Crippen molar-refractivity contribution in [2.75, 3.05) is 0 Å². The van der Waals surface area contributed by atoms with Crippen molar-refractivity contribution in [1.82, 2.24) is 0 Å². The van der Waals surface area contributed by atoms with Crippen LogP contribution in [0.15, 0.2) is 283 Å². The Bertz CT molecular complexity index is 4440. The zero-order valence-corrected chi connectivity index (χ0v) is 41.2. The molecule has 1 nitrogen and oxygen atoms in total. The van der Waals surface area contributed by atoms with Gasteiger partial charge in [0.2, 0.25) is 0 Å². The SMILES string of the molecule is c1ccc(-c2cc(-c3cccc(-c4cccc(-c5cccc(-c6ccc7c(c6)sc6ccccc67)c5)c4)c3)cc(-c3cccc(-c4cccc(-c5cccc(-c6cccc7c6oc6ccccc67)c5)c4)c3)c2)cc1. The van der Waals surface area contributed by atoms with Crippen molar-refractivity contribution >= 4 is 53.4 Å². The summed E-state index contributed by atoms with van der Waals surface area (Å²) in [6.45, 7) is 0. The third kappa shape index (κ3) is 8.08. The Morgan fingerprint density at radius 2 is 0.554 bits per heavy atom. The van der Waals surface area contributed by atoms with E-state index in [1.807, 2.05) is 23.5 Å². The Hall–Kier alpha value is -9.34. The molecular weight excluding hydrogens is 913 g/mol. The smallest absolute Gasteiger partial charge is 0.143 e. The summed E-state index contributed by atoms with van der Waals surface area (Å²) < 4.78 is 9.09. The predicted octanol–water partition coefficient (Wildman–Crippen LogP) is 21.0. The lowest BCUT2D eigenvalue weighted by molar-refractivity contribution is 0.670.